The van der Waals surface area contributed by atoms with Gasteiger partial charge in [-0.3, -0.25) is 14.7 Å². The van der Waals surface area contributed by atoms with Crippen LogP contribution in [0.5, 0.6) is 11.5 Å². The molecule has 1 heterocycles. The van der Waals surface area contributed by atoms with Crippen molar-refractivity contribution in [3.8, 4) is 17.5 Å². The molecule has 0 aliphatic carbocycles. The van der Waals surface area contributed by atoms with Crippen LogP contribution in [0.1, 0.15) is 15.9 Å². The zero-order valence-electron chi connectivity index (χ0n) is 13.6. The van der Waals surface area contributed by atoms with E-state index in [0.29, 0.717) is 23.6 Å². The molecule has 1 amide bonds. The molecule has 0 saturated heterocycles. The van der Waals surface area contributed by atoms with Gasteiger partial charge >= 0.3 is 7.41 Å². The van der Waals surface area contributed by atoms with Gasteiger partial charge in [0.2, 0.25) is 0 Å². The standard InChI is InChI=1S/C16H17BN4O3/c1-23-14-4-3-12(9-15(14)24-2)10-19-20-16(22)13-5-7-21(8-6-13)17-11-18/h3-9,17,22H,10H2,1-2H3/p+1. The summed E-state index contributed by atoms with van der Waals surface area (Å²) in [5.41, 5.74) is 6.94. The summed E-state index contributed by atoms with van der Waals surface area (Å²) in [5.74, 6) is 3.07. The maximum Gasteiger partial charge on any atom is 0.587 e. The molecule has 0 bridgehead atoms. The number of hydrogen-bond donors (Lipinski definition) is 2. The largest absolute Gasteiger partial charge is 0.587 e. The molecule has 0 radical (unpaired) electrons. The lowest BCUT2D eigenvalue weighted by Crippen LogP contribution is -2.40. The number of benzene rings is 1. The van der Waals surface area contributed by atoms with Crippen molar-refractivity contribution in [1.82, 2.24) is 10.9 Å². The van der Waals surface area contributed by atoms with Crippen LogP contribution >= 0.6 is 0 Å². The minimum absolute atomic E-state index is 0.249. The number of methoxy groups -OCH3 is 2. The van der Waals surface area contributed by atoms with Crippen LogP contribution in [0.2, 0.25) is 0 Å². The molecule has 2 aromatic rings. The Morgan fingerprint density at radius 2 is 1.92 bits per heavy atom. The molecule has 0 fully saturated rings. The Bertz CT molecular complexity index is 744. The molecular formula is C16H18BN4O3+. The number of nitrogens with zero attached hydrogens (tertiary/aromatic N) is 2. The molecular weight excluding hydrogens is 307 g/mol. The average molecular weight is 325 g/mol. The molecule has 0 atom stereocenters. The van der Waals surface area contributed by atoms with E-state index in [0.717, 1.165) is 5.56 Å². The highest BCUT2D eigenvalue weighted by Gasteiger charge is 2.09. The molecule has 122 valence electrons. The van der Waals surface area contributed by atoms with E-state index < -0.39 is 0 Å². The highest BCUT2D eigenvalue weighted by molar-refractivity contribution is 6.35. The minimum Gasteiger partial charge on any atom is -0.493 e. The quantitative estimate of drug-likeness (QED) is 0.557. The number of aromatic nitrogens is 1. The van der Waals surface area contributed by atoms with Gasteiger partial charge in [-0.05, 0) is 17.7 Å². The monoisotopic (exact) mass is 325 g/mol. The Kier molecular flexibility index (Phi) is 6.17. The van der Waals surface area contributed by atoms with Crippen molar-refractivity contribution in [3.63, 3.8) is 0 Å². The van der Waals surface area contributed by atoms with Crippen molar-refractivity contribution < 1.29 is 18.7 Å². The lowest BCUT2D eigenvalue weighted by molar-refractivity contribution is -0.527. The molecule has 2 rings (SSSR count). The summed E-state index contributed by atoms with van der Waals surface area (Å²) in [7, 11) is 3.40. The van der Waals surface area contributed by atoms with Crippen LogP contribution in [0.3, 0.4) is 0 Å². The molecule has 7 nitrogen and oxygen atoms in total. The van der Waals surface area contributed by atoms with E-state index in [-0.39, 0.29) is 13.3 Å². The summed E-state index contributed by atoms with van der Waals surface area (Å²) in [6.07, 6.45) is 3.37. The van der Waals surface area contributed by atoms with Gasteiger partial charge in [-0.1, -0.05) is 6.07 Å². The first-order valence-corrected chi connectivity index (χ1v) is 7.28. The highest BCUT2D eigenvalue weighted by Crippen LogP contribution is 2.27. The van der Waals surface area contributed by atoms with Crippen molar-refractivity contribution in [1.29, 1.82) is 5.26 Å². The third kappa shape index (κ3) is 4.47. The van der Waals surface area contributed by atoms with Gasteiger partial charge in [0.05, 0.1) is 25.8 Å². The summed E-state index contributed by atoms with van der Waals surface area (Å²) < 4.78 is 12.1. The number of carbonyl (C=O) groups excluding carboxylic acids is 1. The van der Waals surface area contributed by atoms with E-state index in [1.54, 1.807) is 43.2 Å². The molecule has 8 heteroatoms. The van der Waals surface area contributed by atoms with Crippen LogP contribution < -0.4 is 24.8 Å². The average Bonchev–Trinajstić information content (AvgIpc) is 2.62. The van der Waals surface area contributed by atoms with E-state index in [2.05, 4.69) is 10.9 Å². The summed E-state index contributed by atoms with van der Waals surface area (Å²) in [6.45, 7) is 0.438. The zero-order valence-corrected chi connectivity index (χ0v) is 13.6. The number of amides is 1. The van der Waals surface area contributed by atoms with Crippen LogP contribution in [0.4, 0.5) is 0 Å². The number of pyridine rings is 1. The minimum atomic E-state index is -0.250. The normalized spacial score (nSPS) is 9.71. The SMILES string of the molecule is COc1ccc(CNNC(=O)c2cc[n+](BC#N)cc2)cc1OC. The Labute approximate surface area is 141 Å². The van der Waals surface area contributed by atoms with Crippen molar-refractivity contribution in [2.45, 2.75) is 6.54 Å². The summed E-state index contributed by atoms with van der Waals surface area (Å²) >= 11 is 0. The number of nitrogens with one attached hydrogen (secondary N) is 2. The molecule has 2 N–H and O–H groups in total. The third-order valence-corrected chi connectivity index (χ3v) is 3.35. The fourth-order valence-electron chi connectivity index (χ4n) is 2.09. The number of nitriles is 1. The highest BCUT2D eigenvalue weighted by atomic mass is 16.5. The second kappa shape index (κ2) is 8.55. The predicted octanol–water partition coefficient (Wildman–Crippen LogP) is 0.107. The smallest absolute Gasteiger partial charge is 0.493 e. The van der Waals surface area contributed by atoms with Gasteiger partial charge in [0.25, 0.3) is 5.91 Å². The summed E-state index contributed by atoms with van der Waals surface area (Å²) in [5, 5.41) is 8.62. The molecule has 0 spiro atoms. The molecule has 0 aliphatic heterocycles. The van der Waals surface area contributed by atoms with Crippen molar-refractivity contribution in [3.05, 3.63) is 53.9 Å². The van der Waals surface area contributed by atoms with Gasteiger partial charge in [0.15, 0.2) is 11.5 Å². The molecule has 24 heavy (non-hydrogen) atoms. The van der Waals surface area contributed by atoms with E-state index >= 15 is 0 Å². The van der Waals surface area contributed by atoms with Gasteiger partial charge < -0.3 is 9.47 Å². The fraction of sp³-hybridized carbons (Fsp3) is 0.188. The maximum atomic E-state index is 12.0. The molecule has 1 aromatic heterocycles. The van der Waals surface area contributed by atoms with Crippen LogP contribution in [0, 0.1) is 11.2 Å². The van der Waals surface area contributed by atoms with Crippen molar-refractivity contribution in [2.24, 2.45) is 0 Å². The van der Waals surface area contributed by atoms with Gasteiger partial charge in [-0.25, -0.2) is 10.7 Å². The van der Waals surface area contributed by atoms with E-state index in [1.807, 2.05) is 24.2 Å². The number of rotatable bonds is 7. The molecule has 0 aliphatic rings. The van der Waals surface area contributed by atoms with Crippen LogP contribution in [-0.4, -0.2) is 27.5 Å². The molecule has 1 aromatic carbocycles. The number of carbonyl (C=O) groups is 1. The Balaban J connectivity index is 1.89. The molecule has 0 saturated carbocycles. The number of ether oxygens (including phenoxy) is 2. The summed E-state index contributed by atoms with van der Waals surface area (Å²) in [4.78, 5) is 12.0. The first kappa shape index (κ1) is 17.3. The van der Waals surface area contributed by atoms with Crippen LogP contribution in [0.25, 0.3) is 0 Å². The van der Waals surface area contributed by atoms with Gasteiger partial charge in [-0.15, -0.1) is 0 Å². The lowest BCUT2D eigenvalue weighted by atomic mass is 9.98. The second-order valence-electron chi connectivity index (χ2n) is 4.91. The predicted molar refractivity (Wildman–Crippen MR) is 88.6 cm³/mol. The van der Waals surface area contributed by atoms with E-state index in [4.69, 9.17) is 14.7 Å². The Morgan fingerprint density at radius 3 is 2.54 bits per heavy atom. The fourth-order valence-corrected chi connectivity index (χ4v) is 2.09. The topological polar surface area (TPSA) is 87.3 Å². The third-order valence-electron chi connectivity index (χ3n) is 3.35. The first-order chi connectivity index (χ1) is 11.7. The van der Waals surface area contributed by atoms with Crippen molar-refractivity contribution >= 4 is 13.3 Å². The van der Waals surface area contributed by atoms with Gasteiger partial charge in [0, 0.05) is 18.7 Å². The number of hydrogen-bond acceptors (Lipinski definition) is 5. The Hall–Kier alpha value is -3.05. The first-order valence-electron chi connectivity index (χ1n) is 7.28. The van der Waals surface area contributed by atoms with Crippen molar-refractivity contribution in [2.75, 3.05) is 14.2 Å². The van der Waals surface area contributed by atoms with Gasteiger partial charge in [0.1, 0.15) is 12.4 Å². The molecule has 0 unspecified atom stereocenters. The zero-order chi connectivity index (χ0) is 17.4. The van der Waals surface area contributed by atoms with E-state index in [9.17, 15) is 4.79 Å². The number of hydrazine groups is 1. The van der Waals surface area contributed by atoms with Crippen LogP contribution in [0.15, 0.2) is 42.7 Å². The Morgan fingerprint density at radius 1 is 1.21 bits per heavy atom. The van der Waals surface area contributed by atoms with Crippen LogP contribution in [-0.2, 0) is 6.54 Å². The second-order valence-corrected chi connectivity index (χ2v) is 4.91. The maximum absolute atomic E-state index is 12.0. The lowest BCUT2D eigenvalue weighted by Gasteiger charge is -2.11. The van der Waals surface area contributed by atoms with E-state index in [1.165, 1.54) is 0 Å². The summed E-state index contributed by atoms with van der Waals surface area (Å²) in [6, 6.07) is 8.84. The van der Waals surface area contributed by atoms with Gasteiger partial charge in [-0.2, -0.15) is 0 Å².